The standard InChI is InChI=1S/C20H16Cl2N2O3/c1-13-7-8-16(22)11-18(13)23-19(25)17-6-3-9-24(20(17)26)27-12-14-4-2-5-15(21)10-14/h2-11H,12H2,1H3,(H,23,25). The van der Waals surface area contributed by atoms with E-state index in [1.165, 1.54) is 12.3 Å². The summed E-state index contributed by atoms with van der Waals surface area (Å²) in [6.07, 6.45) is 1.45. The van der Waals surface area contributed by atoms with Crippen LogP contribution in [0.25, 0.3) is 0 Å². The molecule has 0 fully saturated rings. The summed E-state index contributed by atoms with van der Waals surface area (Å²) in [5.41, 5.74) is 1.59. The molecule has 1 heterocycles. The Bertz CT molecular complexity index is 1050. The van der Waals surface area contributed by atoms with Crippen molar-refractivity contribution in [1.29, 1.82) is 0 Å². The van der Waals surface area contributed by atoms with E-state index in [4.69, 9.17) is 28.0 Å². The molecule has 0 unspecified atom stereocenters. The lowest BCUT2D eigenvalue weighted by Crippen LogP contribution is -2.32. The van der Waals surface area contributed by atoms with Gasteiger partial charge in [-0.15, -0.1) is 0 Å². The van der Waals surface area contributed by atoms with Crippen molar-refractivity contribution in [3.63, 3.8) is 0 Å². The Balaban J connectivity index is 1.78. The van der Waals surface area contributed by atoms with Crippen LogP contribution in [-0.2, 0) is 6.61 Å². The molecule has 0 saturated carbocycles. The highest BCUT2D eigenvalue weighted by molar-refractivity contribution is 6.31. The topological polar surface area (TPSA) is 60.3 Å². The van der Waals surface area contributed by atoms with Gasteiger partial charge in [0.05, 0.1) is 0 Å². The van der Waals surface area contributed by atoms with Gasteiger partial charge in [0, 0.05) is 21.9 Å². The molecule has 0 aliphatic carbocycles. The predicted molar refractivity (Wildman–Crippen MR) is 107 cm³/mol. The summed E-state index contributed by atoms with van der Waals surface area (Å²) < 4.78 is 1.03. The second-order valence-electron chi connectivity index (χ2n) is 5.87. The Morgan fingerprint density at radius 3 is 2.63 bits per heavy atom. The van der Waals surface area contributed by atoms with Crippen LogP contribution in [0.15, 0.2) is 65.6 Å². The summed E-state index contributed by atoms with van der Waals surface area (Å²) in [6, 6.07) is 15.3. The highest BCUT2D eigenvalue weighted by atomic mass is 35.5. The van der Waals surface area contributed by atoms with E-state index in [1.807, 2.05) is 13.0 Å². The molecule has 5 nitrogen and oxygen atoms in total. The molecule has 1 N–H and O–H groups in total. The Labute approximate surface area is 166 Å². The summed E-state index contributed by atoms with van der Waals surface area (Å²) in [5, 5.41) is 3.78. The second-order valence-corrected chi connectivity index (χ2v) is 6.74. The van der Waals surface area contributed by atoms with Crippen molar-refractivity contribution in [1.82, 2.24) is 4.73 Å². The number of nitrogens with one attached hydrogen (secondary N) is 1. The van der Waals surface area contributed by atoms with E-state index >= 15 is 0 Å². The molecule has 0 radical (unpaired) electrons. The molecular weight excluding hydrogens is 387 g/mol. The van der Waals surface area contributed by atoms with Crippen LogP contribution in [0.4, 0.5) is 5.69 Å². The van der Waals surface area contributed by atoms with Gasteiger partial charge in [-0.3, -0.25) is 9.59 Å². The van der Waals surface area contributed by atoms with Crippen molar-refractivity contribution < 1.29 is 9.63 Å². The number of carbonyl (C=O) groups excluding carboxylic acids is 1. The smallest absolute Gasteiger partial charge is 0.295 e. The van der Waals surface area contributed by atoms with Crippen LogP contribution in [0.2, 0.25) is 10.0 Å². The lowest BCUT2D eigenvalue weighted by molar-refractivity contribution is 0.0863. The Kier molecular flexibility index (Phi) is 5.84. The first-order chi connectivity index (χ1) is 12.9. The minimum absolute atomic E-state index is 0.0389. The number of hydrogen-bond donors (Lipinski definition) is 1. The van der Waals surface area contributed by atoms with Crippen LogP contribution in [0, 0.1) is 6.92 Å². The summed E-state index contributed by atoms with van der Waals surface area (Å²) >= 11 is 11.9. The first-order valence-corrected chi connectivity index (χ1v) is 8.86. The normalized spacial score (nSPS) is 10.5. The third-order valence-corrected chi connectivity index (χ3v) is 4.34. The molecule has 3 rings (SSSR count). The highest BCUT2D eigenvalue weighted by Crippen LogP contribution is 2.20. The monoisotopic (exact) mass is 402 g/mol. The fourth-order valence-electron chi connectivity index (χ4n) is 2.44. The van der Waals surface area contributed by atoms with Gasteiger partial charge in [0.2, 0.25) is 0 Å². The first kappa shape index (κ1) is 19.0. The Morgan fingerprint density at radius 1 is 1.07 bits per heavy atom. The number of nitrogens with zero attached hydrogens (tertiary/aromatic N) is 1. The zero-order valence-corrected chi connectivity index (χ0v) is 15.9. The van der Waals surface area contributed by atoms with Gasteiger partial charge < -0.3 is 10.2 Å². The number of hydrogen-bond acceptors (Lipinski definition) is 3. The highest BCUT2D eigenvalue weighted by Gasteiger charge is 2.14. The largest absolute Gasteiger partial charge is 0.406 e. The van der Waals surface area contributed by atoms with Crippen LogP contribution in [0.1, 0.15) is 21.5 Å². The van der Waals surface area contributed by atoms with E-state index in [0.717, 1.165) is 15.9 Å². The Hall–Kier alpha value is -2.76. The quantitative estimate of drug-likeness (QED) is 0.689. The average Bonchev–Trinajstić information content (AvgIpc) is 2.64. The fraction of sp³-hybridized carbons (Fsp3) is 0.100. The van der Waals surface area contributed by atoms with Crippen molar-refractivity contribution in [2.75, 3.05) is 5.32 Å². The molecule has 3 aromatic rings. The summed E-state index contributed by atoms with van der Waals surface area (Å²) in [4.78, 5) is 30.6. The van der Waals surface area contributed by atoms with Gasteiger partial charge in [-0.2, -0.15) is 4.73 Å². The molecule has 0 atom stereocenters. The van der Waals surface area contributed by atoms with Crippen LogP contribution < -0.4 is 15.7 Å². The van der Waals surface area contributed by atoms with Crippen molar-refractivity contribution in [3.8, 4) is 0 Å². The van der Waals surface area contributed by atoms with Gasteiger partial charge in [0.1, 0.15) is 12.2 Å². The van der Waals surface area contributed by atoms with Gasteiger partial charge in [-0.1, -0.05) is 41.4 Å². The molecule has 0 aliphatic heterocycles. The van der Waals surface area contributed by atoms with Crippen LogP contribution in [0.5, 0.6) is 0 Å². The number of aromatic nitrogens is 1. The number of halogens is 2. The third kappa shape index (κ3) is 4.70. The molecular formula is C20H16Cl2N2O3. The average molecular weight is 403 g/mol. The number of aryl methyl sites for hydroxylation is 1. The van der Waals surface area contributed by atoms with Crippen LogP contribution in [-0.4, -0.2) is 10.6 Å². The maximum Gasteiger partial charge on any atom is 0.295 e. The molecule has 0 aliphatic rings. The number of anilines is 1. The maximum atomic E-state index is 12.6. The number of rotatable bonds is 5. The van der Waals surface area contributed by atoms with Gasteiger partial charge >= 0.3 is 0 Å². The zero-order valence-electron chi connectivity index (χ0n) is 14.4. The lowest BCUT2D eigenvalue weighted by Gasteiger charge is -2.11. The van der Waals surface area contributed by atoms with E-state index in [-0.39, 0.29) is 12.2 Å². The Morgan fingerprint density at radius 2 is 1.85 bits per heavy atom. The number of carbonyl (C=O) groups is 1. The molecule has 27 heavy (non-hydrogen) atoms. The van der Waals surface area contributed by atoms with Crippen molar-refractivity contribution in [2.45, 2.75) is 13.5 Å². The first-order valence-electron chi connectivity index (χ1n) is 8.11. The molecule has 2 aromatic carbocycles. The molecule has 0 saturated heterocycles. The van der Waals surface area contributed by atoms with E-state index in [1.54, 1.807) is 42.5 Å². The molecule has 0 bridgehead atoms. The number of amides is 1. The van der Waals surface area contributed by atoms with Crippen molar-refractivity contribution in [3.05, 3.63) is 97.9 Å². The van der Waals surface area contributed by atoms with Gasteiger partial charge in [0.15, 0.2) is 0 Å². The van der Waals surface area contributed by atoms with E-state index < -0.39 is 11.5 Å². The third-order valence-electron chi connectivity index (χ3n) is 3.87. The molecule has 1 amide bonds. The van der Waals surface area contributed by atoms with E-state index in [2.05, 4.69) is 5.32 Å². The number of pyridine rings is 1. The zero-order chi connectivity index (χ0) is 19.4. The van der Waals surface area contributed by atoms with Gasteiger partial charge in [0.25, 0.3) is 11.5 Å². The lowest BCUT2D eigenvalue weighted by atomic mass is 10.2. The summed E-state index contributed by atoms with van der Waals surface area (Å²) in [7, 11) is 0. The van der Waals surface area contributed by atoms with Crippen molar-refractivity contribution >= 4 is 34.8 Å². The predicted octanol–water partition coefficient (Wildman–Crippen LogP) is 4.34. The maximum absolute atomic E-state index is 12.6. The van der Waals surface area contributed by atoms with E-state index in [9.17, 15) is 9.59 Å². The second kappa shape index (κ2) is 8.29. The van der Waals surface area contributed by atoms with E-state index in [0.29, 0.717) is 15.7 Å². The summed E-state index contributed by atoms with van der Waals surface area (Å²) in [6.45, 7) is 1.97. The van der Waals surface area contributed by atoms with Gasteiger partial charge in [-0.05, 0) is 54.4 Å². The molecule has 7 heteroatoms. The minimum atomic E-state index is -0.559. The van der Waals surface area contributed by atoms with Gasteiger partial charge in [-0.25, -0.2) is 0 Å². The molecule has 138 valence electrons. The molecule has 1 aromatic heterocycles. The summed E-state index contributed by atoms with van der Waals surface area (Å²) in [5.74, 6) is -0.536. The minimum Gasteiger partial charge on any atom is -0.406 e. The van der Waals surface area contributed by atoms with Crippen LogP contribution in [0.3, 0.4) is 0 Å². The van der Waals surface area contributed by atoms with Crippen molar-refractivity contribution in [2.24, 2.45) is 0 Å². The van der Waals surface area contributed by atoms with Crippen LogP contribution >= 0.6 is 23.2 Å². The fourth-order valence-corrected chi connectivity index (χ4v) is 2.82. The number of benzene rings is 2. The SMILES string of the molecule is Cc1ccc(Cl)cc1NC(=O)c1cccn(OCc2cccc(Cl)c2)c1=O. The molecule has 0 spiro atoms.